The van der Waals surface area contributed by atoms with E-state index >= 15 is 0 Å². The number of hydrogen-bond acceptors (Lipinski definition) is 4. The number of carbonyl (C=O) groups excluding carboxylic acids is 2. The number of hydrogen-bond donors (Lipinski definition) is 1. The maximum atomic E-state index is 13.1. The third-order valence-corrected chi connectivity index (χ3v) is 5.45. The number of benzene rings is 1. The van der Waals surface area contributed by atoms with Gasteiger partial charge in [-0.15, -0.1) is 0 Å². The number of likely N-dealkylation sites (tertiary alicyclic amines) is 1. The maximum absolute atomic E-state index is 13.1. The van der Waals surface area contributed by atoms with Crippen molar-refractivity contribution >= 4 is 23.2 Å². The standard InChI is InChI=1S/C21H32N4O2/c1-16(2)14-20(26)24-12-10-23(11-13-24)19-7-6-17(22)15-18(19)21(27)25-8-4-3-5-9-25/h6-7,15-16H,3-5,8-14,22H2,1-2H3. The molecule has 0 bridgehead atoms. The van der Waals surface area contributed by atoms with E-state index in [1.54, 1.807) is 0 Å². The van der Waals surface area contributed by atoms with Crippen LogP contribution < -0.4 is 10.6 Å². The fourth-order valence-corrected chi connectivity index (χ4v) is 3.94. The molecule has 2 fully saturated rings. The van der Waals surface area contributed by atoms with Crippen LogP contribution in [0.15, 0.2) is 18.2 Å². The van der Waals surface area contributed by atoms with E-state index in [-0.39, 0.29) is 11.8 Å². The van der Waals surface area contributed by atoms with Gasteiger partial charge < -0.3 is 20.4 Å². The molecular formula is C21H32N4O2. The molecule has 2 aliphatic heterocycles. The lowest BCUT2D eigenvalue weighted by Crippen LogP contribution is -2.49. The SMILES string of the molecule is CC(C)CC(=O)N1CCN(c2ccc(N)cc2C(=O)N2CCCCC2)CC1. The zero-order chi connectivity index (χ0) is 19.4. The lowest BCUT2D eigenvalue weighted by Gasteiger charge is -2.37. The minimum absolute atomic E-state index is 0.0790. The van der Waals surface area contributed by atoms with Gasteiger partial charge in [-0.2, -0.15) is 0 Å². The summed E-state index contributed by atoms with van der Waals surface area (Å²) < 4.78 is 0. The van der Waals surface area contributed by atoms with Gasteiger partial charge >= 0.3 is 0 Å². The summed E-state index contributed by atoms with van der Waals surface area (Å²) in [6.07, 6.45) is 3.93. The molecule has 0 saturated carbocycles. The van der Waals surface area contributed by atoms with Gasteiger partial charge in [-0.25, -0.2) is 0 Å². The average Bonchev–Trinajstić information content (AvgIpc) is 2.67. The number of anilines is 2. The Balaban J connectivity index is 1.72. The number of nitrogens with zero attached hydrogens (tertiary/aromatic N) is 3. The number of amides is 2. The van der Waals surface area contributed by atoms with Crippen LogP contribution in [0, 0.1) is 5.92 Å². The first kappa shape index (κ1) is 19.5. The third kappa shape index (κ3) is 4.73. The van der Waals surface area contributed by atoms with Gasteiger partial charge in [0.15, 0.2) is 0 Å². The normalized spacial score (nSPS) is 18.1. The quantitative estimate of drug-likeness (QED) is 0.825. The van der Waals surface area contributed by atoms with Crippen molar-refractivity contribution in [1.82, 2.24) is 9.80 Å². The van der Waals surface area contributed by atoms with E-state index in [9.17, 15) is 9.59 Å². The minimum Gasteiger partial charge on any atom is -0.399 e. The molecule has 2 saturated heterocycles. The molecule has 148 valence electrons. The van der Waals surface area contributed by atoms with Gasteiger partial charge in [-0.3, -0.25) is 9.59 Å². The summed E-state index contributed by atoms with van der Waals surface area (Å²) in [5.74, 6) is 0.684. The number of carbonyl (C=O) groups is 2. The number of piperidine rings is 1. The van der Waals surface area contributed by atoms with Gasteiger partial charge in [-0.05, 0) is 43.4 Å². The van der Waals surface area contributed by atoms with Crippen molar-refractivity contribution in [2.45, 2.75) is 39.5 Å². The van der Waals surface area contributed by atoms with Crippen molar-refractivity contribution in [3.05, 3.63) is 23.8 Å². The first-order valence-corrected chi connectivity index (χ1v) is 10.2. The van der Waals surface area contributed by atoms with E-state index in [1.165, 1.54) is 6.42 Å². The Hall–Kier alpha value is -2.24. The molecule has 2 heterocycles. The van der Waals surface area contributed by atoms with Crippen molar-refractivity contribution in [2.75, 3.05) is 49.9 Å². The van der Waals surface area contributed by atoms with E-state index in [1.807, 2.05) is 28.0 Å². The minimum atomic E-state index is 0.0790. The van der Waals surface area contributed by atoms with Crippen molar-refractivity contribution < 1.29 is 9.59 Å². The van der Waals surface area contributed by atoms with Gasteiger partial charge in [0.2, 0.25) is 5.91 Å². The van der Waals surface area contributed by atoms with Gasteiger partial charge in [0, 0.05) is 57.1 Å². The monoisotopic (exact) mass is 372 g/mol. The molecule has 0 aliphatic carbocycles. The Kier molecular flexibility index (Phi) is 6.24. The Morgan fingerprint density at radius 2 is 1.63 bits per heavy atom. The molecule has 0 atom stereocenters. The van der Waals surface area contributed by atoms with Crippen LogP contribution in [0.2, 0.25) is 0 Å². The van der Waals surface area contributed by atoms with E-state index in [4.69, 9.17) is 5.73 Å². The van der Waals surface area contributed by atoms with Crippen LogP contribution in [0.25, 0.3) is 0 Å². The Labute approximate surface area is 162 Å². The smallest absolute Gasteiger partial charge is 0.256 e. The Bertz CT molecular complexity index is 675. The Morgan fingerprint density at radius 1 is 0.963 bits per heavy atom. The van der Waals surface area contributed by atoms with Crippen LogP contribution in [-0.2, 0) is 4.79 Å². The average molecular weight is 373 g/mol. The van der Waals surface area contributed by atoms with E-state index < -0.39 is 0 Å². The largest absolute Gasteiger partial charge is 0.399 e. The van der Waals surface area contributed by atoms with Gasteiger partial charge in [-0.1, -0.05) is 13.8 Å². The van der Waals surface area contributed by atoms with Crippen LogP contribution in [0.4, 0.5) is 11.4 Å². The predicted molar refractivity (Wildman–Crippen MR) is 109 cm³/mol. The van der Waals surface area contributed by atoms with Crippen molar-refractivity contribution in [3.8, 4) is 0 Å². The van der Waals surface area contributed by atoms with Crippen LogP contribution >= 0.6 is 0 Å². The first-order chi connectivity index (χ1) is 13.0. The summed E-state index contributed by atoms with van der Waals surface area (Å²) in [5.41, 5.74) is 8.24. The number of nitrogen functional groups attached to an aromatic ring is 1. The second-order valence-corrected chi connectivity index (χ2v) is 8.10. The summed E-state index contributed by atoms with van der Waals surface area (Å²) in [6.45, 7) is 8.68. The summed E-state index contributed by atoms with van der Waals surface area (Å²) in [7, 11) is 0. The molecule has 6 heteroatoms. The molecule has 0 radical (unpaired) electrons. The van der Waals surface area contributed by atoms with Crippen LogP contribution in [0.3, 0.4) is 0 Å². The number of nitrogens with two attached hydrogens (primary N) is 1. The highest BCUT2D eigenvalue weighted by molar-refractivity contribution is 6.00. The molecule has 0 aromatic heterocycles. The van der Waals surface area contributed by atoms with E-state index in [0.29, 0.717) is 36.7 Å². The first-order valence-electron chi connectivity index (χ1n) is 10.2. The number of piperazine rings is 1. The van der Waals surface area contributed by atoms with Crippen molar-refractivity contribution in [2.24, 2.45) is 5.92 Å². The highest BCUT2D eigenvalue weighted by Crippen LogP contribution is 2.27. The molecule has 2 N–H and O–H groups in total. The van der Waals surface area contributed by atoms with Gasteiger partial charge in [0.05, 0.1) is 5.56 Å². The fourth-order valence-electron chi connectivity index (χ4n) is 3.94. The molecule has 27 heavy (non-hydrogen) atoms. The highest BCUT2D eigenvalue weighted by Gasteiger charge is 2.26. The van der Waals surface area contributed by atoms with Gasteiger partial charge in [0.1, 0.15) is 0 Å². The summed E-state index contributed by atoms with van der Waals surface area (Å²) in [4.78, 5) is 31.5. The molecule has 6 nitrogen and oxygen atoms in total. The van der Waals surface area contributed by atoms with Crippen molar-refractivity contribution in [3.63, 3.8) is 0 Å². The molecule has 1 aromatic carbocycles. The van der Waals surface area contributed by atoms with Crippen LogP contribution in [0.5, 0.6) is 0 Å². The lowest BCUT2D eigenvalue weighted by molar-refractivity contribution is -0.132. The van der Waals surface area contributed by atoms with E-state index in [0.717, 1.165) is 44.7 Å². The molecule has 1 aromatic rings. The predicted octanol–water partition coefficient (Wildman–Crippen LogP) is 2.59. The topological polar surface area (TPSA) is 69.9 Å². The second kappa shape index (κ2) is 8.63. The summed E-state index contributed by atoms with van der Waals surface area (Å²) >= 11 is 0. The van der Waals surface area contributed by atoms with Crippen LogP contribution in [0.1, 0.15) is 49.9 Å². The highest BCUT2D eigenvalue weighted by atomic mass is 16.2. The Morgan fingerprint density at radius 3 is 2.26 bits per heavy atom. The molecule has 0 unspecified atom stereocenters. The zero-order valence-corrected chi connectivity index (χ0v) is 16.6. The van der Waals surface area contributed by atoms with Crippen LogP contribution in [-0.4, -0.2) is 60.9 Å². The molecular weight excluding hydrogens is 340 g/mol. The molecule has 3 rings (SSSR count). The van der Waals surface area contributed by atoms with Crippen molar-refractivity contribution in [1.29, 1.82) is 0 Å². The fraction of sp³-hybridized carbons (Fsp3) is 0.619. The zero-order valence-electron chi connectivity index (χ0n) is 16.6. The maximum Gasteiger partial charge on any atom is 0.256 e. The number of rotatable bonds is 4. The summed E-state index contributed by atoms with van der Waals surface area (Å²) in [5, 5.41) is 0. The molecule has 0 spiro atoms. The van der Waals surface area contributed by atoms with E-state index in [2.05, 4.69) is 18.7 Å². The third-order valence-electron chi connectivity index (χ3n) is 5.45. The molecule has 2 amide bonds. The lowest BCUT2D eigenvalue weighted by atomic mass is 10.1. The summed E-state index contributed by atoms with van der Waals surface area (Å²) in [6, 6.07) is 5.62. The second-order valence-electron chi connectivity index (χ2n) is 8.10. The molecule has 2 aliphatic rings. The van der Waals surface area contributed by atoms with Gasteiger partial charge in [0.25, 0.3) is 5.91 Å².